The number of anilines is 1. The number of allylic oxidation sites excluding steroid dienone is 1. The van der Waals surface area contributed by atoms with Crippen LogP contribution in [-0.4, -0.2) is 41.6 Å². The molecule has 1 aliphatic rings. The highest BCUT2D eigenvalue weighted by molar-refractivity contribution is 5.92. The van der Waals surface area contributed by atoms with Crippen molar-refractivity contribution in [2.75, 3.05) is 26.1 Å². The Hall–Kier alpha value is -3.03. The average Bonchev–Trinajstić information content (AvgIpc) is 3.17. The zero-order chi connectivity index (χ0) is 20.1. The van der Waals surface area contributed by atoms with E-state index in [2.05, 4.69) is 22.3 Å². The number of esters is 1. The molecule has 150 valence electrons. The van der Waals surface area contributed by atoms with Gasteiger partial charge in [0.25, 0.3) is 0 Å². The summed E-state index contributed by atoms with van der Waals surface area (Å²) >= 11 is 0. The molecule has 0 unspecified atom stereocenters. The summed E-state index contributed by atoms with van der Waals surface area (Å²) in [5.41, 5.74) is 2.02. The molecular formula is C20H26N4O4. The van der Waals surface area contributed by atoms with Gasteiger partial charge in [0.15, 0.2) is 11.5 Å². The van der Waals surface area contributed by atoms with Crippen LogP contribution in [0.5, 0.6) is 11.5 Å². The van der Waals surface area contributed by atoms with Crippen LogP contribution >= 0.6 is 0 Å². The minimum Gasteiger partial charge on any atom is -0.493 e. The number of rotatable bonds is 8. The minimum atomic E-state index is -0.475. The fraction of sp³-hybridized carbons (Fsp3) is 0.450. The number of ether oxygens (including phenoxy) is 3. The van der Waals surface area contributed by atoms with Gasteiger partial charge in [-0.15, -0.1) is 0 Å². The first-order chi connectivity index (χ1) is 13.6. The Morgan fingerprint density at radius 1 is 1.21 bits per heavy atom. The number of fused-ring (bicyclic) bond motifs is 1. The minimum absolute atomic E-state index is 0.359. The number of methoxy groups -OCH3 is 2. The lowest BCUT2D eigenvalue weighted by molar-refractivity contribution is -0.139. The van der Waals surface area contributed by atoms with Crippen LogP contribution in [0.3, 0.4) is 0 Å². The number of nitrogens with zero attached hydrogens (tertiary/aromatic N) is 3. The molecule has 1 N–H and O–H groups in total. The number of carbonyl (C=O) groups excluding carboxylic acids is 1. The fourth-order valence-electron chi connectivity index (χ4n) is 3.28. The second kappa shape index (κ2) is 8.77. The predicted molar refractivity (Wildman–Crippen MR) is 105 cm³/mol. The summed E-state index contributed by atoms with van der Waals surface area (Å²) in [6.45, 7) is 4.35. The van der Waals surface area contributed by atoms with Crippen molar-refractivity contribution >= 4 is 11.9 Å². The Labute approximate surface area is 164 Å². The molecule has 0 saturated heterocycles. The number of benzene rings is 1. The molecule has 0 aliphatic carbocycles. The third-order valence-electron chi connectivity index (χ3n) is 4.72. The molecule has 28 heavy (non-hydrogen) atoms. The van der Waals surface area contributed by atoms with E-state index in [0.717, 1.165) is 24.8 Å². The number of carbonyl (C=O) groups is 1. The molecule has 0 fully saturated rings. The van der Waals surface area contributed by atoms with E-state index >= 15 is 0 Å². The summed E-state index contributed by atoms with van der Waals surface area (Å²) in [5, 5.41) is 7.45. The Morgan fingerprint density at radius 2 is 2.00 bits per heavy atom. The van der Waals surface area contributed by atoms with Crippen LogP contribution in [0.1, 0.15) is 44.7 Å². The van der Waals surface area contributed by atoms with Gasteiger partial charge in [-0.3, -0.25) is 0 Å². The SMILES string of the molecule is CCCCCOC(=O)C1=C(C)Nc2ncnn2[C@H]1c1ccc(OC)c(OC)c1. The maximum Gasteiger partial charge on any atom is 0.338 e. The normalized spacial score (nSPS) is 15.6. The van der Waals surface area contributed by atoms with Crippen molar-refractivity contribution in [1.29, 1.82) is 0 Å². The monoisotopic (exact) mass is 386 g/mol. The van der Waals surface area contributed by atoms with Gasteiger partial charge in [0.2, 0.25) is 5.95 Å². The molecule has 1 aromatic heterocycles. The second-order valence-corrected chi connectivity index (χ2v) is 6.55. The Bertz CT molecular complexity index is 875. The summed E-state index contributed by atoms with van der Waals surface area (Å²) < 4.78 is 18.0. The summed E-state index contributed by atoms with van der Waals surface area (Å²) in [6.07, 6.45) is 4.39. The first kappa shape index (κ1) is 19.7. The topological polar surface area (TPSA) is 87.5 Å². The lowest BCUT2D eigenvalue weighted by atomic mass is 9.95. The third-order valence-corrected chi connectivity index (χ3v) is 4.72. The van der Waals surface area contributed by atoms with Crippen LogP contribution in [0.15, 0.2) is 35.8 Å². The first-order valence-electron chi connectivity index (χ1n) is 9.37. The van der Waals surface area contributed by atoms with Gasteiger partial charge in [0.1, 0.15) is 12.4 Å². The summed E-state index contributed by atoms with van der Waals surface area (Å²) in [5.74, 6) is 1.40. The lowest BCUT2D eigenvalue weighted by Crippen LogP contribution is -2.29. The van der Waals surface area contributed by atoms with Gasteiger partial charge in [-0.2, -0.15) is 10.1 Å². The van der Waals surface area contributed by atoms with Crippen molar-refractivity contribution in [2.45, 2.75) is 39.2 Å². The maximum atomic E-state index is 12.9. The number of unbranched alkanes of at least 4 members (excludes halogenated alkanes) is 2. The van der Waals surface area contributed by atoms with Crippen LogP contribution in [0.2, 0.25) is 0 Å². The van der Waals surface area contributed by atoms with Crippen molar-refractivity contribution in [2.24, 2.45) is 0 Å². The van der Waals surface area contributed by atoms with E-state index in [4.69, 9.17) is 14.2 Å². The number of hydrogen-bond donors (Lipinski definition) is 1. The van der Waals surface area contributed by atoms with E-state index < -0.39 is 6.04 Å². The molecular weight excluding hydrogens is 360 g/mol. The molecule has 0 saturated carbocycles. The van der Waals surface area contributed by atoms with E-state index in [1.807, 2.05) is 25.1 Å². The number of hydrogen-bond acceptors (Lipinski definition) is 7. The van der Waals surface area contributed by atoms with Crippen LogP contribution in [-0.2, 0) is 9.53 Å². The van der Waals surface area contributed by atoms with Crippen LogP contribution in [0.4, 0.5) is 5.95 Å². The molecule has 8 nitrogen and oxygen atoms in total. The summed E-state index contributed by atoms with van der Waals surface area (Å²) in [6, 6.07) is 5.07. The number of aromatic nitrogens is 3. The van der Waals surface area contributed by atoms with Crippen LogP contribution < -0.4 is 14.8 Å². The van der Waals surface area contributed by atoms with Crippen molar-refractivity contribution < 1.29 is 19.0 Å². The molecule has 2 aromatic rings. The van der Waals surface area contributed by atoms with Crippen LogP contribution in [0, 0.1) is 0 Å². The molecule has 3 rings (SSSR count). The first-order valence-corrected chi connectivity index (χ1v) is 9.37. The van der Waals surface area contributed by atoms with E-state index in [9.17, 15) is 4.79 Å². The number of nitrogens with one attached hydrogen (secondary N) is 1. The molecule has 1 atom stereocenters. The lowest BCUT2D eigenvalue weighted by Gasteiger charge is -2.28. The second-order valence-electron chi connectivity index (χ2n) is 6.55. The highest BCUT2D eigenvalue weighted by Crippen LogP contribution is 2.38. The molecule has 0 radical (unpaired) electrons. The molecule has 1 aromatic carbocycles. The largest absolute Gasteiger partial charge is 0.493 e. The van der Waals surface area contributed by atoms with E-state index in [1.54, 1.807) is 18.9 Å². The predicted octanol–water partition coefficient (Wildman–Crippen LogP) is 3.32. The zero-order valence-corrected chi connectivity index (χ0v) is 16.7. The van der Waals surface area contributed by atoms with Gasteiger partial charge in [0, 0.05) is 5.70 Å². The van der Waals surface area contributed by atoms with E-state index in [1.165, 1.54) is 6.33 Å². The van der Waals surface area contributed by atoms with Gasteiger partial charge >= 0.3 is 5.97 Å². The van der Waals surface area contributed by atoms with Gasteiger partial charge in [0.05, 0.1) is 26.4 Å². The smallest absolute Gasteiger partial charge is 0.338 e. The fourth-order valence-corrected chi connectivity index (χ4v) is 3.28. The highest BCUT2D eigenvalue weighted by Gasteiger charge is 2.34. The Balaban J connectivity index is 1.99. The molecule has 0 spiro atoms. The van der Waals surface area contributed by atoms with Gasteiger partial charge in [-0.05, 0) is 31.0 Å². The van der Waals surface area contributed by atoms with Crippen molar-refractivity contribution in [3.05, 3.63) is 41.4 Å². The van der Waals surface area contributed by atoms with E-state index in [-0.39, 0.29) is 5.97 Å². The summed E-state index contributed by atoms with van der Waals surface area (Å²) in [7, 11) is 3.16. The Morgan fingerprint density at radius 3 is 2.71 bits per heavy atom. The quantitative estimate of drug-likeness (QED) is 0.550. The van der Waals surface area contributed by atoms with Crippen molar-refractivity contribution in [1.82, 2.24) is 14.8 Å². The molecule has 2 heterocycles. The average molecular weight is 386 g/mol. The van der Waals surface area contributed by atoms with Gasteiger partial charge in [-0.25, -0.2) is 9.48 Å². The van der Waals surface area contributed by atoms with Gasteiger partial charge in [-0.1, -0.05) is 25.8 Å². The molecule has 0 amide bonds. The molecule has 0 bridgehead atoms. The molecule has 1 aliphatic heterocycles. The van der Waals surface area contributed by atoms with Crippen molar-refractivity contribution in [3.63, 3.8) is 0 Å². The third kappa shape index (κ3) is 3.81. The van der Waals surface area contributed by atoms with Crippen molar-refractivity contribution in [3.8, 4) is 11.5 Å². The Kier molecular flexibility index (Phi) is 6.18. The standard InChI is InChI=1S/C20H26N4O4/c1-5-6-7-10-28-19(25)17-13(2)23-20-21-12-22-24(20)18(17)14-8-9-15(26-3)16(11-14)27-4/h8-9,11-12,18H,5-7,10H2,1-4H3,(H,21,22,23)/t18-/m0/s1. The van der Waals surface area contributed by atoms with Gasteiger partial charge < -0.3 is 19.5 Å². The zero-order valence-electron chi connectivity index (χ0n) is 16.7. The maximum absolute atomic E-state index is 12.9. The molecule has 8 heteroatoms. The highest BCUT2D eigenvalue weighted by atomic mass is 16.5. The summed E-state index contributed by atoms with van der Waals surface area (Å²) in [4.78, 5) is 17.2. The van der Waals surface area contributed by atoms with E-state index in [0.29, 0.717) is 35.3 Å². The van der Waals surface area contributed by atoms with Crippen LogP contribution in [0.25, 0.3) is 0 Å².